The van der Waals surface area contributed by atoms with E-state index >= 15 is 0 Å². The molecule has 0 bridgehead atoms. The molecule has 0 spiro atoms. The summed E-state index contributed by atoms with van der Waals surface area (Å²) in [6.45, 7) is 6.73. The van der Waals surface area contributed by atoms with Crippen LogP contribution in [0.5, 0.6) is 5.75 Å². The summed E-state index contributed by atoms with van der Waals surface area (Å²) < 4.78 is 43.5. The zero-order chi connectivity index (χ0) is 25.4. The quantitative estimate of drug-likeness (QED) is 0.394. The van der Waals surface area contributed by atoms with Crippen LogP contribution in [0.4, 0.5) is 24.8 Å². The molecule has 0 aliphatic heterocycles. The monoisotopic (exact) mass is 490 g/mol. The first-order valence-electron chi connectivity index (χ1n) is 11.6. The molecule has 1 unspecified atom stereocenters. The predicted octanol–water partition coefficient (Wildman–Crippen LogP) is 6.48. The molecule has 3 aromatic rings. The van der Waals surface area contributed by atoms with Crippen LogP contribution in [0, 0.1) is 11.3 Å². The number of carboxylic acids is 1. The van der Waals surface area contributed by atoms with E-state index in [-0.39, 0.29) is 23.6 Å². The van der Waals surface area contributed by atoms with Gasteiger partial charge >= 0.3 is 12.3 Å². The summed E-state index contributed by atoms with van der Waals surface area (Å²) in [4.78, 5) is 20.4. The largest absolute Gasteiger partial charge is 0.573 e. The van der Waals surface area contributed by atoms with Gasteiger partial charge in [0.25, 0.3) is 0 Å². The molecule has 2 atom stereocenters. The number of anilines is 2. The molecule has 2 heterocycles. The van der Waals surface area contributed by atoms with Gasteiger partial charge in [0.1, 0.15) is 11.3 Å². The summed E-state index contributed by atoms with van der Waals surface area (Å²) in [7, 11) is 0. The van der Waals surface area contributed by atoms with Crippen molar-refractivity contribution in [2.24, 2.45) is 11.3 Å². The van der Waals surface area contributed by atoms with Gasteiger partial charge in [0, 0.05) is 24.3 Å². The fraction of sp³-hybridized carbons (Fsp3) is 0.480. The Hall–Kier alpha value is -3.30. The Kier molecular flexibility index (Phi) is 6.66. The number of aliphatic carboxylic acids is 1. The highest BCUT2D eigenvalue weighted by Gasteiger charge is 2.35. The fourth-order valence-corrected chi connectivity index (χ4v) is 5.21. The van der Waals surface area contributed by atoms with Gasteiger partial charge < -0.3 is 15.2 Å². The summed E-state index contributed by atoms with van der Waals surface area (Å²) in [6, 6.07) is 7.48. The molecule has 35 heavy (non-hydrogen) atoms. The topological polar surface area (TPSA) is 89.3 Å². The van der Waals surface area contributed by atoms with Crippen LogP contribution in [0.25, 0.3) is 11.2 Å². The molecule has 1 fully saturated rings. The molecule has 1 aliphatic rings. The molecule has 0 saturated heterocycles. The highest BCUT2D eigenvalue weighted by atomic mass is 19.4. The van der Waals surface area contributed by atoms with Crippen molar-refractivity contribution in [1.82, 2.24) is 14.5 Å². The maximum atomic E-state index is 12.5. The van der Waals surface area contributed by atoms with Crippen molar-refractivity contribution in [3.05, 3.63) is 42.1 Å². The van der Waals surface area contributed by atoms with Gasteiger partial charge in [0.2, 0.25) is 5.95 Å². The Balaban J connectivity index is 1.70. The van der Waals surface area contributed by atoms with Gasteiger partial charge in [-0.2, -0.15) is 0 Å². The lowest BCUT2D eigenvalue weighted by atomic mass is 9.70. The van der Waals surface area contributed by atoms with E-state index in [9.17, 15) is 18.0 Å². The van der Waals surface area contributed by atoms with Crippen LogP contribution in [-0.2, 0) is 11.2 Å². The number of fused-ring (bicyclic) bond motifs is 1. The second-order valence-electron chi connectivity index (χ2n) is 10.1. The zero-order valence-corrected chi connectivity index (χ0v) is 19.9. The Morgan fingerprint density at radius 3 is 2.60 bits per heavy atom. The first-order chi connectivity index (χ1) is 16.4. The van der Waals surface area contributed by atoms with Crippen molar-refractivity contribution in [1.29, 1.82) is 0 Å². The molecular formula is C25H29F3N4O3. The van der Waals surface area contributed by atoms with Gasteiger partial charge in [-0.05, 0) is 72.9 Å². The van der Waals surface area contributed by atoms with Crippen molar-refractivity contribution in [3.8, 4) is 5.75 Å². The number of carbonyl (C=O) groups is 1. The Bertz CT molecular complexity index is 1210. The number of hydrogen-bond acceptors (Lipinski definition) is 5. The van der Waals surface area contributed by atoms with Crippen LogP contribution >= 0.6 is 0 Å². The highest BCUT2D eigenvalue weighted by molar-refractivity contribution is 5.77. The van der Waals surface area contributed by atoms with Crippen LogP contribution in [0.15, 0.2) is 36.5 Å². The zero-order valence-electron chi connectivity index (χ0n) is 19.9. The number of benzene rings is 1. The van der Waals surface area contributed by atoms with E-state index in [4.69, 9.17) is 10.1 Å². The van der Waals surface area contributed by atoms with E-state index in [2.05, 4.69) is 40.4 Å². The molecule has 2 aromatic heterocycles. The highest BCUT2D eigenvalue weighted by Crippen LogP contribution is 2.45. The molecule has 1 aliphatic carbocycles. The average molecular weight is 491 g/mol. The second kappa shape index (κ2) is 9.39. The number of rotatable bonds is 7. The van der Waals surface area contributed by atoms with Gasteiger partial charge in [0.15, 0.2) is 5.65 Å². The molecule has 0 radical (unpaired) electrons. The fourth-order valence-electron chi connectivity index (χ4n) is 5.21. The number of imidazole rings is 1. The maximum Gasteiger partial charge on any atom is 0.573 e. The molecule has 0 amide bonds. The van der Waals surface area contributed by atoms with Gasteiger partial charge in [-0.25, -0.2) is 9.97 Å². The summed E-state index contributed by atoms with van der Waals surface area (Å²) in [5, 5.41) is 12.2. The van der Waals surface area contributed by atoms with Crippen molar-refractivity contribution < 1.29 is 27.8 Å². The maximum absolute atomic E-state index is 12.5. The summed E-state index contributed by atoms with van der Waals surface area (Å²) >= 11 is 0. The van der Waals surface area contributed by atoms with Crippen LogP contribution < -0.4 is 10.1 Å². The summed E-state index contributed by atoms with van der Waals surface area (Å²) in [5.41, 5.74) is 2.81. The number of nitrogens with one attached hydrogen (secondary N) is 1. The number of aromatic nitrogens is 3. The number of pyridine rings is 1. The van der Waals surface area contributed by atoms with E-state index < -0.39 is 12.3 Å². The number of aryl methyl sites for hydroxylation is 1. The third-order valence-electron chi connectivity index (χ3n) is 6.29. The Morgan fingerprint density at radius 1 is 1.26 bits per heavy atom. The van der Waals surface area contributed by atoms with Crippen LogP contribution in [0.2, 0.25) is 0 Å². The van der Waals surface area contributed by atoms with Crippen LogP contribution in [-0.4, -0.2) is 32.0 Å². The molecule has 2 N–H and O–H groups in total. The number of carboxylic acid groups (broad SMARTS) is 1. The average Bonchev–Trinajstić information content (AvgIpc) is 3.08. The number of halogens is 3. The molecule has 7 nitrogen and oxygen atoms in total. The lowest BCUT2D eigenvalue weighted by molar-refractivity contribution is -0.274. The molecule has 1 saturated carbocycles. The van der Waals surface area contributed by atoms with Crippen molar-refractivity contribution in [2.75, 3.05) is 5.32 Å². The summed E-state index contributed by atoms with van der Waals surface area (Å²) in [6.07, 6.45) is 0.280. The number of ether oxygens (including phenoxy) is 1. The van der Waals surface area contributed by atoms with Gasteiger partial charge in [-0.1, -0.05) is 20.8 Å². The van der Waals surface area contributed by atoms with Gasteiger partial charge in [-0.3, -0.25) is 9.36 Å². The Morgan fingerprint density at radius 2 is 1.97 bits per heavy atom. The molecule has 4 rings (SSSR count). The molecule has 10 heteroatoms. The van der Waals surface area contributed by atoms with Crippen molar-refractivity contribution in [2.45, 2.75) is 65.3 Å². The number of nitrogens with zero attached hydrogens (tertiary/aromatic N) is 3. The minimum absolute atomic E-state index is 0.000321. The molecular weight excluding hydrogens is 461 g/mol. The van der Waals surface area contributed by atoms with Crippen LogP contribution in [0.3, 0.4) is 0 Å². The standard InChI is InChI=1S/C25H29F3N4O3/c1-15-10-18(13-24(2,3)12-15)32-22-20(11-16(14-29-22)4-9-21(33)34)31-23(32)30-17-5-7-19(8-6-17)35-25(26,27)28/h5-8,11,14-15,18H,4,9-10,12-13H2,1-3H3,(H,30,31)(H,33,34)/t15-,18?/m1/s1. The van der Waals surface area contributed by atoms with Gasteiger partial charge in [0.05, 0.1) is 0 Å². The van der Waals surface area contributed by atoms with E-state index in [1.807, 2.05) is 6.07 Å². The van der Waals surface area contributed by atoms with Gasteiger partial charge in [-0.15, -0.1) is 13.2 Å². The summed E-state index contributed by atoms with van der Waals surface area (Å²) in [5.74, 6) is -0.136. The van der Waals surface area contributed by atoms with Crippen molar-refractivity contribution in [3.63, 3.8) is 0 Å². The third kappa shape index (κ3) is 6.23. The first kappa shape index (κ1) is 24.8. The molecule has 1 aromatic carbocycles. The molecule has 188 valence electrons. The number of alkyl halides is 3. The lowest BCUT2D eigenvalue weighted by Gasteiger charge is -2.40. The second-order valence-corrected chi connectivity index (χ2v) is 10.1. The van der Waals surface area contributed by atoms with E-state index in [0.29, 0.717) is 35.1 Å². The predicted molar refractivity (Wildman–Crippen MR) is 126 cm³/mol. The first-order valence-corrected chi connectivity index (χ1v) is 11.6. The third-order valence-corrected chi connectivity index (χ3v) is 6.29. The van der Waals surface area contributed by atoms with E-state index in [0.717, 1.165) is 24.8 Å². The Labute approximate surface area is 201 Å². The van der Waals surface area contributed by atoms with Crippen molar-refractivity contribution >= 4 is 28.8 Å². The lowest BCUT2D eigenvalue weighted by Crippen LogP contribution is -2.30. The normalized spacial score (nSPS) is 20.1. The minimum Gasteiger partial charge on any atom is -0.481 e. The van der Waals surface area contributed by atoms with E-state index in [1.54, 1.807) is 6.20 Å². The SMILES string of the molecule is C[C@@H]1CC(n2c(Nc3ccc(OC(F)(F)F)cc3)nc3cc(CCC(=O)O)cnc32)CC(C)(C)C1. The van der Waals surface area contributed by atoms with Crippen LogP contribution in [0.1, 0.15) is 58.1 Å². The smallest absolute Gasteiger partial charge is 0.481 e. The minimum atomic E-state index is -4.75. The van der Waals surface area contributed by atoms with E-state index in [1.165, 1.54) is 24.3 Å². The number of hydrogen-bond donors (Lipinski definition) is 2.